The molecule has 0 saturated heterocycles. The highest BCUT2D eigenvalue weighted by atomic mass is 32.1. The third-order valence-electron chi connectivity index (χ3n) is 4.56. The molecule has 1 aromatic rings. The number of rotatable bonds is 14. The first kappa shape index (κ1) is 28.3. The van der Waals surface area contributed by atoms with E-state index in [1.165, 1.54) is 0 Å². The minimum Gasteiger partial charge on any atom is -0.480 e. The summed E-state index contributed by atoms with van der Waals surface area (Å²) in [4.78, 5) is 60.0. The largest absolute Gasteiger partial charge is 0.480 e. The summed E-state index contributed by atoms with van der Waals surface area (Å²) in [5.74, 6) is -4.48. The summed E-state index contributed by atoms with van der Waals surface area (Å²) in [5, 5.41) is 16.2. The van der Waals surface area contributed by atoms with Crippen LogP contribution in [0, 0.1) is 0 Å². The Kier molecular flexibility index (Phi) is 12.3. The number of nitrogens with two attached hydrogens (primary N) is 2. The van der Waals surface area contributed by atoms with Gasteiger partial charge in [0, 0.05) is 17.9 Å². The third kappa shape index (κ3) is 10.1. The molecule has 0 spiro atoms. The van der Waals surface area contributed by atoms with Crippen molar-refractivity contribution in [2.75, 3.05) is 11.5 Å². The minimum absolute atomic E-state index is 0.125. The molecule has 1 aromatic carbocycles. The molecular formula is C20H29N5O6S2. The maximum Gasteiger partial charge on any atom is 0.327 e. The predicted molar refractivity (Wildman–Crippen MR) is 128 cm³/mol. The maximum absolute atomic E-state index is 12.8. The van der Waals surface area contributed by atoms with Crippen molar-refractivity contribution in [2.45, 2.75) is 43.4 Å². The van der Waals surface area contributed by atoms with Crippen molar-refractivity contribution in [2.24, 2.45) is 11.5 Å². The minimum atomic E-state index is -1.29. The SMILES string of the molecule is NC(=O)CCC(NC(=O)C(N)Cc1ccccc1)C(=O)NC(CS)C(=O)NC(CS)C(=O)O. The van der Waals surface area contributed by atoms with Gasteiger partial charge in [-0.25, -0.2) is 4.79 Å². The molecule has 4 unspecified atom stereocenters. The number of carboxylic acids is 1. The molecule has 0 fully saturated rings. The fourth-order valence-electron chi connectivity index (χ4n) is 2.72. The smallest absolute Gasteiger partial charge is 0.327 e. The molecule has 11 nitrogen and oxygen atoms in total. The Hall–Kier alpha value is -2.77. The van der Waals surface area contributed by atoms with E-state index in [9.17, 15) is 24.0 Å². The van der Waals surface area contributed by atoms with Crippen LogP contribution in [0.5, 0.6) is 0 Å². The first-order chi connectivity index (χ1) is 15.6. The summed E-state index contributed by atoms with van der Waals surface area (Å²) in [7, 11) is 0. The van der Waals surface area contributed by atoms with Crippen molar-refractivity contribution in [1.82, 2.24) is 16.0 Å². The van der Waals surface area contributed by atoms with Gasteiger partial charge in [0.15, 0.2) is 0 Å². The van der Waals surface area contributed by atoms with Crippen LogP contribution in [0.2, 0.25) is 0 Å². The van der Waals surface area contributed by atoms with Gasteiger partial charge in [0.25, 0.3) is 0 Å². The van der Waals surface area contributed by atoms with E-state index in [1.807, 2.05) is 6.07 Å². The number of carbonyl (C=O) groups excluding carboxylic acids is 4. The molecule has 33 heavy (non-hydrogen) atoms. The number of nitrogens with one attached hydrogen (secondary N) is 3. The van der Waals surface area contributed by atoms with Crippen molar-refractivity contribution in [3.63, 3.8) is 0 Å². The Morgan fingerprint density at radius 1 is 0.848 bits per heavy atom. The molecule has 0 aliphatic carbocycles. The molecule has 4 amide bonds. The zero-order valence-corrected chi connectivity index (χ0v) is 19.6. The number of carbonyl (C=O) groups is 5. The van der Waals surface area contributed by atoms with Gasteiger partial charge in [0.05, 0.1) is 6.04 Å². The lowest BCUT2D eigenvalue weighted by atomic mass is 10.0. The average molecular weight is 500 g/mol. The molecule has 0 aromatic heterocycles. The second kappa shape index (κ2) is 14.4. The molecule has 0 saturated carbocycles. The van der Waals surface area contributed by atoms with E-state index in [0.717, 1.165) is 5.56 Å². The van der Waals surface area contributed by atoms with Crippen LogP contribution in [0.4, 0.5) is 0 Å². The Bertz CT molecular complexity index is 841. The van der Waals surface area contributed by atoms with Crippen molar-refractivity contribution in [1.29, 1.82) is 0 Å². The van der Waals surface area contributed by atoms with Crippen LogP contribution >= 0.6 is 25.3 Å². The average Bonchev–Trinajstić information content (AvgIpc) is 2.78. The number of benzene rings is 1. The van der Waals surface area contributed by atoms with Gasteiger partial charge in [-0.15, -0.1) is 0 Å². The highest BCUT2D eigenvalue weighted by Gasteiger charge is 2.29. The number of thiol groups is 2. The van der Waals surface area contributed by atoms with E-state index < -0.39 is 53.8 Å². The van der Waals surface area contributed by atoms with E-state index in [1.54, 1.807) is 24.3 Å². The Morgan fingerprint density at radius 2 is 1.36 bits per heavy atom. The molecule has 0 aliphatic rings. The van der Waals surface area contributed by atoms with Gasteiger partial charge in [-0.3, -0.25) is 19.2 Å². The maximum atomic E-state index is 12.8. The van der Waals surface area contributed by atoms with Crippen molar-refractivity contribution < 1.29 is 29.1 Å². The second-order valence-corrected chi connectivity index (χ2v) is 7.92. The number of carboxylic acid groups (broad SMARTS) is 1. The molecule has 1 rings (SSSR count). The Balaban J connectivity index is 2.85. The number of amides is 4. The fourth-order valence-corrected chi connectivity index (χ4v) is 3.22. The van der Waals surface area contributed by atoms with Crippen LogP contribution in [0.25, 0.3) is 0 Å². The van der Waals surface area contributed by atoms with Gasteiger partial charge in [0.1, 0.15) is 18.1 Å². The van der Waals surface area contributed by atoms with Crippen LogP contribution in [-0.2, 0) is 30.4 Å². The van der Waals surface area contributed by atoms with E-state index in [2.05, 4.69) is 41.2 Å². The van der Waals surface area contributed by atoms with Crippen LogP contribution in [0.15, 0.2) is 30.3 Å². The highest BCUT2D eigenvalue weighted by molar-refractivity contribution is 7.80. The lowest BCUT2D eigenvalue weighted by molar-refractivity contribution is -0.141. The molecular weight excluding hydrogens is 470 g/mol. The summed E-state index contributed by atoms with van der Waals surface area (Å²) < 4.78 is 0. The quantitative estimate of drug-likeness (QED) is 0.139. The lowest BCUT2D eigenvalue weighted by Crippen LogP contribution is -2.58. The topological polar surface area (TPSA) is 194 Å². The van der Waals surface area contributed by atoms with E-state index in [0.29, 0.717) is 0 Å². The van der Waals surface area contributed by atoms with E-state index in [-0.39, 0.29) is 30.8 Å². The van der Waals surface area contributed by atoms with Crippen LogP contribution < -0.4 is 27.4 Å². The molecule has 182 valence electrons. The van der Waals surface area contributed by atoms with Crippen molar-refractivity contribution in [3.05, 3.63) is 35.9 Å². The summed E-state index contributed by atoms with van der Waals surface area (Å²) in [5.41, 5.74) is 11.9. The molecule has 0 heterocycles. The summed E-state index contributed by atoms with van der Waals surface area (Å²) >= 11 is 7.88. The normalized spacial score (nSPS) is 14.3. The highest BCUT2D eigenvalue weighted by Crippen LogP contribution is 2.05. The zero-order chi connectivity index (χ0) is 25.0. The predicted octanol–water partition coefficient (Wildman–Crippen LogP) is -1.78. The molecule has 0 aliphatic heterocycles. The number of primary amides is 1. The van der Waals surface area contributed by atoms with Crippen LogP contribution in [-0.4, -0.2) is 70.4 Å². The first-order valence-electron chi connectivity index (χ1n) is 10.0. The third-order valence-corrected chi connectivity index (χ3v) is 5.29. The van der Waals surface area contributed by atoms with Crippen LogP contribution in [0.1, 0.15) is 18.4 Å². The zero-order valence-electron chi connectivity index (χ0n) is 17.8. The molecule has 4 atom stereocenters. The van der Waals surface area contributed by atoms with Crippen molar-refractivity contribution in [3.8, 4) is 0 Å². The van der Waals surface area contributed by atoms with Gasteiger partial charge < -0.3 is 32.5 Å². The van der Waals surface area contributed by atoms with Gasteiger partial charge in [-0.05, 0) is 18.4 Å². The number of hydrogen-bond donors (Lipinski definition) is 8. The monoisotopic (exact) mass is 499 g/mol. The molecule has 0 bridgehead atoms. The van der Waals surface area contributed by atoms with Gasteiger partial charge >= 0.3 is 5.97 Å². The Labute approximate surface area is 202 Å². The first-order valence-corrected chi connectivity index (χ1v) is 11.3. The van der Waals surface area contributed by atoms with E-state index >= 15 is 0 Å². The Morgan fingerprint density at radius 3 is 1.88 bits per heavy atom. The number of aliphatic carboxylic acids is 1. The fraction of sp³-hybridized carbons (Fsp3) is 0.450. The molecule has 0 radical (unpaired) electrons. The standard InChI is InChI=1S/C20H29N5O6S2/c21-12(8-11-4-2-1-3-5-11)17(27)23-13(6-7-16(22)26)18(28)24-14(9-32)19(29)25-15(10-33)20(30)31/h1-5,12-15,32-33H,6-10,21H2,(H2,22,26)(H,23,27)(H,24,28)(H,25,29)(H,30,31). The van der Waals surface area contributed by atoms with Gasteiger partial charge in [-0.1, -0.05) is 30.3 Å². The summed E-state index contributed by atoms with van der Waals surface area (Å²) in [6, 6.07) is 4.39. The molecule has 13 heteroatoms. The summed E-state index contributed by atoms with van der Waals surface area (Å²) in [6.07, 6.45) is -0.107. The van der Waals surface area contributed by atoms with E-state index in [4.69, 9.17) is 16.6 Å². The molecule has 8 N–H and O–H groups in total. The number of hydrogen-bond acceptors (Lipinski definition) is 8. The van der Waals surface area contributed by atoms with Gasteiger partial charge in [0.2, 0.25) is 23.6 Å². The van der Waals surface area contributed by atoms with Gasteiger partial charge in [-0.2, -0.15) is 25.3 Å². The lowest BCUT2D eigenvalue weighted by Gasteiger charge is -2.24. The van der Waals surface area contributed by atoms with Crippen LogP contribution in [0.3, 0.4) is 0 Å². The summed E-state index contributed by atoms with van der Waals surface area (Å²) in [6.45, 7) is 0. The van der Waals surface area contributed by atoms with Crippen molar-refractivity contribution >= 4 is 54.9 Å². The second-order valence-electron chi connectivity index (χ2n) is 7.19.